The number of aryl methyl sites for hydroxylation is 1. The Hall–Kier alpha value is -3.84. The highest BCUT2D eigenvalue weighted by Crippen LogP contribution is 2.35. The number of carbonyl (C=O) groups is 1. The summed E-state index contributed by atoms with van der Waals surface area (Å²) >= 11 is 16.2. The first-order valence-corrected chi connectivity index (χ1v) is 14.0. The Morgan fingerprint density at radius 3 is 2.38 bits per heavy atom. The van der Waals surface area contributed by atoms with Gasteiger partial charge in [-0.1, -0.05) is 71.7 Å². The van der Waals surface area contributed by atoms with Gasteiger partial charge in [0.1, 0.15) is 6.61 Å². The smallest absolute Gasteiger partial charge is 0.271 e. The molecule has 0 aliphatic carbocycles. The molecule has 1 heterocycles. The van der Waals surface area contributed by atoms with Crippen molar-refractivity contribution in [3.63, 3.8) is 0 Å². The second-order valence-corrected chi connectivity index (χ2v) is 10.7. The van der Waals surface area contributed by atoms with Gasteiger partial charge < -0.3 is 9.30 Å². The lowest BCUT2D eigenvalue weighted by Gasteiger charge is -2.13. The maximum Gasteiger partial charge on any atom is 0.271 e. The Morgan fingerprint density at radius 2 is 1.65 bits per heavy atom. The van der Waals surface area contributed by atoms with Crippen LogP contribution < -0.4 is 10.2 Å². The van der Waals surface area contributed by atoms with E-state index in [1.165, 1.54) is 6.21 Å². The minimum atomic E-state index is -0.319. The Kier molecular flexibility index (Phi) is 8.70. The van der Waals surface area contributed by atoms with Gasteiger partial charge in [0.05, 0.1) is 21.4 Å². The van der Waals surface area contributed by atoms with Gasteiger partial charge in [0, 0.05) is 27.5 Å². The van der Waals surface area contributed by atoms with E-state index in [9.17, 15) is 4.79 Å². The number of aromatic nitrogens is 1. The zero-order valence-electron chi connectivity index (χ0n) is 21.4. The predicted octanol–water partition coefficient (Wildman–Crippen LogP) is 8.86. The first-order chi connectivity index (χ1) is 19.4. The van der Waals surface area contributed by atoms with Gasteiger partial charge in [-0.3, -0.25) is 4.79 Å². The zero-order valence-corrected chi connectivity index (χ0v) is 24.5. The average Bonchev–Trinajstić information content (AvgIpc) is 3.35. The molecule has 0 radical (unpaired) electrons. The molecular formula is C32H24BrCl2N3O2. The third-order valence-electron chi connectivity index (χ3n) is 6.26. The van der Waals surface area contributed by atoms with Crippen molar-refractivity contribution in [3.8, 4) is 22.7 Å². The number of hydrogen-bond donors (Lipinski definition) is 1. The van der Waals surface area contributed by atoms with Crippen LogP contribution in [0.1, 0.15) is 27.2 Å². The number of benzene rings is 4. The second kappa shape index (κ2) is 12.6. The van der Waals surface area contributed by atoms with Crippen molar-refractivity contribution in [3.05, 3.63) is 140 Å². The molecule has 0 fully saturated rings. The minimum absolute atomic E-state index is 0.276. The number of amides is 1. The van der Waals surface area contributed by atoms with Gasteiger partial charge in [-0.05, 0) is 88.6 Å². The second-order valence-electron chi connectivity index (χ2n) is 9.00. The third kappa shape index (κ3) is 6.31. The number of halogens is 3. The highest BCUT2D eigenvalue weighted by Gasteiger charge is 2.12. The highest BCUT2D eigenvalue weighted by molar-refractivity contribution is 9.10. The molecule has 4 aromatic carbocycles. The van der Waals surface area contributed by atoms with Crippen LogP contribution in [0.3, 0.4) is 0 Å². The molecule has 1 N–H and O–H groups in total. The summed E-state index contributed by atoms with van der Waals surface area (Å²) in [6, 6.07) is 32.8. The summed E-state index contributed by atoms with van der Waals surface area (Å²) < 4.78 is 8.71. The number of hydrogen-bond acceptors (Lipinski definition) is 3. The zero-order chi connectivity index (χ0) is 28.1. The quantitative estimate of drug-likeness (QED) is 0.137. The van der Waals surface area contributed by atoms with Gasteiger partial charge in [-0.15, -0.1) is 0 Å². The molecule has 0 bridgehead atoms. The van der Waals surface area contributed by atoms with Crippen LogP contribution >= 0.6 is 39.1 Å². The maximum atomic E-state index is 12.7. The van der Waals surface area contributed by atoms with Crippen molar-refractivity contribution in [1.29, 1.82) is 0 Å². The average molecular weight is 633 g/mol. The largest absolute Gasteiger partial charge is 0.486 e. The van der Waals surface area contributed by atoms with E-state index in [0.717, 1.165) is 28.2 Å². The Labute approximate surface area is 251 Å². The highest BCUT2D eigenvalue weighted by atomic mass is 79.9. The van der Waals surface area contributed by atoms with Gasteiger partial charge in [-0.2, -0.15) is 5.10 Å². The van der Waals surface area contributed by atoms with E-state index < -0.39 is 0 Å². The fraction of sp³-hybridized carbons (Fsp3) is 0.0625. The summed E-state index contributed by atoms with van der Waals surface area (Å²) in [6.07, 6.45) is 1.52. The van der Waals surface area contributed by atoms with Crippen molar-refractivity contribution in [2.24, 2.45) is 5.10 Å². The topological polar surface area (TPSA) is 55.6 Å². The molecule has 0 atom stereocenters. The molecule has 8 heteroatoms. The van der Waals surface area contributed by atoms with E-state index in [-0.39, 0.29) is 12.5 Å². The van der Waals surface area contributed by atoms with Crippen molar-refractivity contribution in [2.75, 3.05) is 0 Å². The molecule has 5 rings (SSSR count). The van der Waals surface area contributed by atoms with E-state index in [4.69, 9.17) is 27.9 Å². The van der Waals surface area contributed by atoms with Crippen molar-refractivity contribution in [2.45, 2.75) is 13.5 Å². The monoisotopic (exact) mass is 631 g/mol. The van der Waals surface area contributed by atoms with Crippen LogP contribution in [0.2, 0.25) is 10.0 Å². The summed E-state index contributed by atoms with van der Waals surface area (Å²) in [5.74, 6) is 0.177. The molecule has 40 heavy (non-hydrogen) atoms. The summed E-state index contributed by atoms with van der Waals surface area (Å²) in [6.45, 7) is 2.34. The van der Waals surface area contributed by atoms with E-state index >= 15 is 0 Å². The third-order valence-corrected chi connectivity index (χ3v) is 7.50. The van der Waals surface area contributed by atoms with Gasteiger partial charge in [0.25, 0.3) is 5.91 Å². The first kappa shape index (κ1) is 27.7. The molecule has 0 unspecified atom stereocenters. The lowest BCUT2D eigenvalue weighted by molar-refractivity contribution is 0.0955. The van der Waals surface area contributed by atoms with Crippen LogP contribution in [0, 0.1) is 6.92 Å². The number of rotatable bonds is 8. The van der Waals surface area contributed by atoms with Crippen LogP contribution in [0.25, 0.3) is 16.9 Å². The lowest BCUT2D eigenvalue weighted by Crippen LogP contribution is -2.17. The van der Waals surface area contributed by atoms with Crippen molar-refractivity contribution in [1.82, 2.24) is 9.99 Å². The van der Waals surface area contributed by atoms with Gasteiger partial charge in [0.2, 0.25) is 0 Å². The summed E-state index contributed by atoms with van der Waals surface area (Å²) in [7, 11) is 0. The molecule has 200 valence electrons. The van der Waals surface area contributed by atoms with Crippen molar-refractivity contribution >= 4 is 51.3 Å². The fourth-order valence-corrected chi connectivity index (χ4v) is 5.44. The number of nitrogens with one attached hydrogen (secondary N) is 1. The molecule has 5 nitrogen and oxygen atoms in total. The van der Waals surface area contributed by atoms with Gasteiger partial charge in [0.15, 0.2) is 5.75 Å². The maximum absolute atomic E-state index is 12.7. The number of nitrogens with zero attached hydrogens (tertiary/aromatic N) is 2. The molecule has 5 aromatic rings. The van der Waals surface area contributed by atoms with E-state index in [2.05, 4.69) is 62.2 Å². The Bertz CT molecular complexity index is 1660. The normalized spacial score (nSPS) is 11.1. The molecule has 0 saturated carbocycles. The molecular weight excluding hydrogens is 609 g/mol. The molecule has 1 aromatic heterocycles. The number of carbonyl (C=O) groups excluding carboxylic acids is 1. The molecule has 0 spiro atoms. The van der Waals surface area contributed by atoms with Crippen LogP contribution in [0.5, 0.6) is 5.75 Å². The van der Waals surface area contributed by atoms with Crippen LogP contribution in [-0.2, 0) is 6.61 Å². The van der Waals surface area contributed by atoms with E-state index in [0.29, 0.717) is 31.4 Å². The summed E-state index contributed by atoms with van der Waals surface area (Å²) in [4.78, 5) is 12.7. The Morgan fingerprint density at radius 1 is 0.925 bits per heavy atom. The SMILES string of the molecule is Cc1ccc(-c2ccccc2)n1-c1ccc(C(=O)N/N=C/c2cc(Cl)c(OCc3ccccc3Cl)c(Br)c2)cc1. The first-order valence-electron chi connectivity index (χ1n) is 12.4. The summed E-state index contributed by atoms with van der Waals surface area (Å²) in [5, 5.41) is 5.14. The molecule has 1 amide bonds. The van der Waals surface area contributed by atoms with Crippen molar-refractivity contribution < 1.29 is 9.53 Å². The van der Waals surface area contributed by atoms with Crippen LogP contribution in [0.4, 0.5) is 0 Å². The summed E-state index contributed by atoms with van der Waals surface area (Å²) in [5.41, 5.74) is 8.90. The predicted molar refractivity (Wildman–Crippen MR) is 166 cm³/mol. The van der Waals surface area contributed by atoms with Gasteiger partial charge >= 0.3 is 0 Å². The molecule has 0 aliphatic rings. The van der Waals surface area contributed by atoms with Crippen LogP contribution in [-0.4, -0.2) is 16.7 Å². The van der Waals surface area contributed by atoms with E-state index in [1.54, 1.807) is 18.2 Å². The standard InChI is InChI=1S/C32H24BrCl2N3O2/c1-21-11-16-30(23-7-3-2-4-8-23)38(21)26-14-12-24(13-15-26)32(39)37-36-19-22-17-27(33)31(29(35)18-22)40-20-25-9-5-6-10-28(25)34/h2-19H,20H2,1H3,(H,37,39)/b36-19+. The number of ether oxygens (including phenoxy) is 1. The molecule has 0 saturated heterocycles. The van der Waals surface area contributed by atoms with Crippen LogP contribution in [0.15, 0.2) is 113 Å². The lowest BCUT2D eigenvalue weighted by atomic mass is 10.1. The fourth-order valence-electron chi connectivity index (χ4n) is 4.26. The number of hydrazone groups is 1. The Balaban J connectivity index is 1.24. The van der Waals surface area contributed by atoms with E-state index in [1.807, 2.05) is 60.7 Å². The van der Waals surface area contributed by atoms with Gasteiger partial charge in [-0.25, -0.2) is 5.43 Å². The minimum Gasteiger partial charge on any atom is -0.486 e. The molecule has 0 aliphatic heterocycles.